The Balaban J connectivity index is 1.94. The van der Waals surface area contributed by atoms with Crippen LogP contribution in [0, 0.1) is 0 Å². The zero-order valence-corrected chi connectivity index (χ0v) is 9.63. The van der Waals surface area contributed by atoms with Crippen LogP contribution in [0.15, 0.2) is 42.6 Å². The Morgan fingerprint density at radius 2 is 2.00 bits per heavy atom. The van der Waals surface area contributed by atoms with Crippen molar-refractivity contribution in [3.8, 4) is 0 Å². The van der Waals surface area contributed by atoms with Crippen LogP contribution in [0.25, 0.3) is 0 Å². The summed E-state index contributed by atoms with van der Waals surface area (Å²) in [6.45, 7) is 0. The van der Waals surface area contributed by atoms with Crippen molar-refractivity contribution >= 4 is 5.82 Å². The second kappa shape index (κ2) is 4.40. The molecule has 0 spiro atoms. The van der Waals surface area contributed by atoms with E-state index in [1.54, 1.807) is 12.3 Å². The lowest BCUT2D eigenvalue weighted by molar-refractivity contribution is 0.0658. The second-order valence-corrected chi connectivity index (χ2v) is 4.41. The lowest BCUT2D eigenvalue weighted by Crippen LogP contribution is -2.30. The summed E-state index contributed by atoms with van der Waals surface area (Å²) in [4.78, 5) is 0. The molecule has 0 radical (unpaired) electrons. The largest absolute Gasteiger partial charge is 0.363 e. The normalized spacial score (nSPS) is 22.6. The predicted octanol–water partition coefficient (Wildman–Crippen LogP) is 3.25. The molecule has 1 aliphatic heterocycles. The molecule has 3 nitrogen and oxygen atoms in total. The molecular formula is C13H13F2N3. The highest BCUT2D eigenvalue weighted by atomic mass is 19.3. The minimum atomic E-state index is -2.41. The number of benzene rings is 1. The number of nitrogens with one attached hydrogen (secondary N) is 1. The minimum absolute atomic E-state index is 0.0885. The molecule has 5 heteroatoms. The Morgan fingerprint density at radius 1 is 1.22 bits per heavy atom. The summed E-state index contributed by atoms with van der Waals surface area (Å²) in [6, 6.07) is 10.4. The zero-order chi connectivity index (χ0) is 12.5. The van der Waals surface area contributed by atoms with Gasteiger partial charge in [0.05, 0.1) is 12.2 Å². The monoisotopic (exact) mass is 249 g/mol. The fraction of sp³-hybridized carbons (Fsp3) is 0.308. The molecule has 94 valence electrons. The van der Waals surface area contributed by atoms with Crippen LogP contribution in [0.5, 0.6) is 0 Å². The number of anilines is 1. The van der Waals surface area contributed by atoms with Gasteiger partial charge in [-0.2, -0.15) is 5.10 Å². The molecule has 0 fully saturated rings. The summed E-state index contributed by atoms with van der Waals surface area (Å²) >= 11 is 0. The quantitative estimate of drug-likeness (QED) is 0.885. The Morgan fingerprint density at radius 3 is 2.72 bits per heavy atom. The van der Waals surface area contributed by atoms with Gasteiger partial charge in [0.1, 0.15) is 11.9 Å². The van der Waals surface area contributed by atoms with Gasteiger partial charge in [0.2, 0.25) is 0 Å². The zero-order valence-electron chi connectivity index (χ0n) is 9.63. The van der Waals surface area contributed by atoms with Gasteiger partial charge in [-0.05, 0) is 12.0 Å². The van der Waals surface area contributed by atoms with Crippen molar-refractivity contribution in [2.45, 2.75) is 24.9 Å². The summed E-state index contributed by atoms with van der Waals surface area (Å²) < 4.78 is 27.5. The number of nitrogens with zero attached hydrogens (tertiary/aromatic N) is 2. The van der Waals surface area contributed by atoms with Crippen molar-refractivity contribution in [2.24, 2.45) is 0 Å². The van der Waals surface area contributed by atoms with Crippen LogP contribution in [-0.4, -0.2) is 16.2 Å². The molecule has 0 amide bonds. The smallest absolute Gasteiger partial charge is 0.260 e. The second-order valence-electron chi connectivity index (χ2n) is 4.41. The summed E-state index contributed by atoms with van der Waals surface area (Å²) in [5.74, 6) is 0.653. The van der Waals surface area contributed by atoms with Crippen LogP contribution in [0.1, 0.15) is 24.1 Å². The SMILES string of the molecule is FC(F)[C@@H]1C[C@@H](c2ccccc2)Nc2ccnn21. The fourth-order valence-electron chi connectivity index (χ4n) is 2.39. The summed E-state index contributed by atoms with van der Waals surface area (Å²) in [6.07, 6.45) is -0.515. The Hall–Kier alpha value is -1.91. The molecule has 2 aromatic rings. The summed E-state index contributed by atoms with van der Waals surface area (Å²) in [5, 5.41) is 7.21. The molecule has 0 bridgehead atoms. The van der Waals surface area contributed by atoms with Crippen molar-refractivity contribution in [3.63, 3.8) is 0 Å². The molecule has 2 atom stereocenters. The molecule has 1 aromatic carbocycles. The third kappa shape index (κ3) is 1.85. The van der Waals surface area contributed by atoms with Gasteiger partial charge in [-0.15, -0.1) is 0 Å². The highest BCUT2D eigenvalue weighted by Crippen LogP contribution is 2.37. The van der Waals surface area contributed by atoms with Crippen molar-refractivity contribution in [3.05, 3.63) is 48.2 Å². The third-order valence-electron chi connectivity index (χ3n) is 3.28. The minimum Gasteiger partial charge on any atom is -0.363 e. The molecule has 1 aliphatic rings. The molecular weight excluding hydrogens is 236 g/mol. The molecule has 18 heavy (non-hydrogen) atoms. The van der Waals surface area contributed by atoms with Gasteiger partial charge in [0.25, 0.3) is 6.43 Å². The lowest BCUT2D eigenvalue weighted by atomic mass is 9.97. The number of halogens is 2. The van der Waals surface area contributed by atoms with Crippen LogP contribution < -0.4 is 5.32 Å². The number of hydrogen-bond acceptors (Lipinski definition) is 2. The van der Waals surface area contributed by atoms with Crippen LogP contribution in [0.4, 0.5) is 14.6 Å². The molecule has 0 saturated heterocycles. The highest BCUT2D eigenvalue weighted by molar-refractivity contribution is 5.41. The number of alkyl halides is 2. The number of rotatable bonds is 2. The van der Waals surface area contributed by atoms with Gasteiger partial charge in [-0.1, -0.05) is 30.3 Å². The molecule has 1 N–H and O–H groups in total. The van der Waals surface area contributed by atoms with Crippen molar-refractivity contribution in [1.29, 1.82) is 0 Å². The maximum atomic E-state index is 13.1. The first kappa shape index (κ1) is 11.2. The van der Waals surface area contributed by atoms with Gasteiger partial charge >= 0.3 is 0 Å². The van der Waals surface area contributed by atoms with E-state index in [-0.39, 0.29) is 6.04 Å². The van der Waals surface area contributed by atoms with Gasteiger partial charge < -0.3 is 5.32 Å². The van der Waals surface area contributed by atoms with E-state index in [9.17, 15) is 8.78 Å². The van der Waals surface area contributed by atoms with E-state index in [2.05, 4.69) is 10.4 Å². The Kier molecular flexibility index (Phi) is 2.74. The average Bonchev–Trinajstić information content (AvgIpc) is 2.86. The van der Waals surface area contributed by atoms with E-state index < -0.39 is 12.5 Å². The summed E-state index contributed by atoms with van der Waals surface area (Å²) in [5.41, 5.74) is 1.02. The van der Waals surface area contributed by atoms with E-state index in [0.29, 0.717) is 12.2 Å². The molecule has 1 aromatic heterocycles. The number of aromatic nitrogens is 2. The molecule has 0 saturated carbocycles. The van der Waals surface area contributed by atoms with E-state index in [4.69, 9.17) is 0 Å². The Labute approximate surface area is 103 Å². The first-order valence-corrected chi connectivity index (χ1v) is 5.89. The standard InChI is InChI=1S/C13H13F2N3/c14-13(15)11-8-10(9-4-2-1-3-5-9)17-12-6-7-16-18(11)12/h1-7,10-11,13,17H,8H2/t10-,11-/m0/s1. The van der Waals surface area contributed by atoms with Gasteiger partial charge in [0.15, 0.2) is 0 Å². The first-order chi connectivity index (χ1) is 8.75. The van der Waals surface area contributed by atoms with Gasteiger partial charge in [-0.3, -0.25) is 0 Å². The van der Waals surface area contributed by atoms with Crippen molar-refractivity contribution in [2.75, 3.05) is 5.32 Å². The van der Waals surface area contributed by atoms with E-state index in [1.165, 1.54) is 4.68 Å². The fourth-order valence-corrected chi connectivity index (χ4v) is 2.39. The van der Waals surface area contributed by atoms with Crippen LogP contribution in [0.2, 0.25) is 0 Å². The number of hydrogen-bond donors (Lipinski definition) is 1. The van der Waals surface area contributed by atoms with Gasteiger partial charge in [-0.25, -0.2) is 13.5 Å². The first-order valence-electron chi connectivity index (χ1n) is 5.89. The molecule has 3 rings (SSSR count). The van der Waals surface area contributed by atoms with Crippen molar-refractivity contribution < 1.29 is 8.78 Å². The Bertz CT molecular complexity index is 524. The third-order valence-corrected chi connectivity index (χ3v) is 3.28. The van der Waals surface area contributed by atoms with E-state index in [1.807, 2.05) is 30.3 Å². The summed E-state index contributed by atoms with van der Waals surface area (Å²) in [7, 11) is 0. The molecule has 0 aliphatic carbocycles. The van der Waals surface area contributed by atoms with Gasteiger partial charge in [0, 0.05) is 6.07 Å². The lowest BCUT2D eigenvalue weighted by Gasteiger charge is -2.32. The van der Waals surface area contributed by atoms with Crippen LogP contribution >= 0.6 is 0 Å². The molecule has 2 heterocycles. The van der Waals surface area contributed by atoms with E-state index >= 15 is 0 Å². The number of fused-ring (bicyclic) bond motifs is 1. The topological polar surface area (TPSA) is 29.9 Å². The maximum Gasteiger partial charge on any atom is 0.260 e. The highest BCUT2D eigenvalue weighted by Gasteiger charge is 2.33. The van der Waals surface area contributed by atoms with Crippen molar-refractivity contribution in [1.82, 2.24) is 9.78 Å². The van der Waals surface area contributed by atoms with E-state index in [0.717, 1.165) is 5.56 Å². The average molecular weight is 249 g/mol. The molecule has 0 unspecified atom stereocenters. The predicted molar refractivity (Wildman–Crippen MR) is 64.7 cm³/mol. The van der Waals surface area contributed by atoms with Crippen LogP contribution in [0.3, 0.4) is 0 Å². The van der Waals surface area contributed by atoms with Crippen LogP contribution in [-0.2, 0) is 0 Å². The maximum absolute atomic E-state index is 13.1.